The quantitative estimate of drug-likeness (QED) is 0.787. The molecule has 0 N–H and O–H groups in total. The molecule has 1 aliphatic heterocycles. The summed E-state index contributed by atoms with van der Waals surface area (Å²) in [5.74, 6) is 0.334. The molecular weight excluding hydrogens is 320 g/mol. The number of aromatic nitrogens is 1. The second-order valence-corrected chi connectivity index (χ2v) is 7.06. The number of carbonyl (C=O) groups excluding carboxylic acids is 2. The van der Waals surface area contributed by atoms with Gasteiger partial charge in [-0.2, -0.15) is 0 Å². The van der Waals surface area contributed by atoms with E-state index in [9.17, 15) is 9.59 Å². The van der Waals surface area contributed by atoms with Crippen molar-refractivity contribution in [2.45, 2.75) is 58.6 Å². The first-order chi connectivity index (χ1) is 12.0. The largest absolute Gasteiger partial charge is 0.476 e. The Hall–Kier alpha value is -2.11. The van der Waals surface area contributed by atoms with Gasteiger partial charge < -0.3 is 14.4 Å². The van der Waals surface area contributed by atoms with E-state index in [1.165, 1.54) is 6.42 Å². The Morgan fingerprint density at radius 3 is 2.72 bits per heavy atom. The minimum absolute atomic E-state index is 0.142. The summed E-state index contributed by atoms with van der Waals surface area (Å²) in [7, 11) is 0. The van der Waals surface area contributed by atoms with Crippen molar-refractivity contribution in [2.24, 2.45) is 5.92 Å². The summed E-state index contributed by atoms with van der Waals surface area (Å²) in [5.41, 5.74) is 1.07. The van der Waals surface area contributed by atoms with Crippen LogP contribution in [-0.2, 0) is 16.1 Å². The zero-order chi connectivity index (χ0) is 17.8. The van der Waals surface area contributed by atoms with Crippen LogP contribution >= 0.6 is 0 Å². The highest BCUT2D eigenvalue weighted by Crippen LogP contribution is 2.28. The first-order valence-corrected chi connectivity index (χ1v) is 9.17. The number of fused-ring (bicyclic) bond motifs is 1. The molecule has 0 saturated heterocycles. The van der Waals surface area contributed by atoms with Crippen molar-refractivity contribution < 1.29 is 19.1 Å². The molecule has 0 unspecified atom stereocenters. The summed E-state index contributed by atoms with van der Waals surface area (Å²) in [6, 6.07) is 3.45. The summed E-state index contributed by atoms with van der Waals surface area (Å²) in [4.78, 5) is 31.0. The predicted octanol–water partition coefficient (Wildman–Crippen LogP) is 2.95. The second kappa shape index (κ2) is 7.85. The normalized spacial score (nSPS) is 18.3. The molecule has 0 bridgehead atoms. The predicted molar refractivity (Wildman–Crippen MR) is 92.3 cm³/mol. The summed E-state index contributed by atoms with van der Waals surface area (Å²) in [5, 5.41) is 0. The van der Waals surface area contributed by atoms with Gasteiger partial charge in [0, 0.05) is 11.5 Å². The monoisotopic (exact) mass is 346 g/mol. The van der Waals surface area contributed by atoms with Gasteiger partial charge in [-0.3, -0.25) is 4.79 Å². The van der Waals surface area contributed by atoms with Crippen LogP contribution in [0.25, 0.3) is 0 Å². The molecule has 136 valence electrons. The lowest BCUT2D eigenvalue weighted by atomic mass is 9.88. The van der Waals surface area contributed by atoms with Gasteiger partial charge in [0.25, 0.3) is 0 Å². The Bertz CT molecular complexity index is 638. The molecule has 6 nitrogen and oxygen atoms in total. The lowest BCUT2D eigenvalue weighted by molar-refractivity contribution is -0.137. The zero-order valence-corrected chi connectivity index (χ0v) is 15.0. The Morgan fingerprint density at radius 1 is 1.24 bits per heavy atom. The van der Waals surface area contributed by atoms with Crippen molar-refractivity contribution in [3.8, 4) is 5.88 Å². The second-order valence-electron chi connectivity index (χ2n) is 7.06. The van der Waals surface area contributed by atoms with E-state index in [0.29, 0.717) is 25.6 Å². The summed E-state index contributed by atoms with van der Waals surface area (Å²) in [6.07, 6.45) is 5.29. The number of amides is 1. The molecule has 1 aromatic heterocycles. The van der Waals surface area contributed by atoms with Crippen LogP contribution in [0.4, 0.5) is 0 Å². The van der Waals surface area contributed by atoms with E-state index < -0.39 is 5.97 Å². The minimum Gasteiger partial charge on any atom is -0.476 e. The molecule has 3 rings (SSSR count). The number of esters is 1. The molecular formula is C19H26N2O4. The van der Waals surface area contributed by atoms with Gasteiger partial charge in [-0.15, -0.1) is 0 Å². The third-order valence-electron chi connectivity index (χ3n) is 4.72. The Morgan fingerprint density at radius 2 is 2.00 bits per heavy atom. The number of carbonyl (C=O) groups is 2. The highest BCUT2D eigenvalue weighted by molar-refractivity contribution is 5.87. The molecule has 1 saturated carbocycles. The molecule has 1 amide bonds. The lowest BCUT2D eigenvalue weighted by Gasteiger charge is -2.28. The first kappa shape index (κ1) is 17.7. The van der Waals surface area contributed by atoms with Crippen LogP contribution in [0, 0.1) is 5.92 Å². The summed E-state index contributed by atoms with van der Waals surface area (Å²) >= 11 is 0. The van der Waals surface area contributed by atoms with Gasteiger partial charge in [0.15, 0.2) is 5.69 Å². The standard InChI is InChI=1S/C19H26N2O4/c1-13(2)25-19(23)16-9-8-15-12-21(10-11-24-17(15)20-16)18(22)14-6-4-3-5-7-14/h8-9,13-14H,3-7,10-12H2,1-2H3. The molecule has 1 aromatic rings. The Labute approximate surface area is 148 Å². The Balaban J connectivity index is 1.72. The molecule has 2 aliphatic rings. The summed E-state index contributed by atoms with van der Waals surface area (Å²) in [6.45, 7) is 5.02. The smallest absolute Gasteiger partial charge is 0.357 e. The van der Waals surface area contributed by atoms with Gasteiger partial charge in [0.1, 0.15) is 6.61 Å². The maximum Gasteiger partial charge on any atom is 0.357 e. The van der Waals surface area contributed by atoms with E-state index in [0.717, 1.165) is 31.2 Å². The number of pyridine rings is 1. The fourth-order valence-electron chi connectivity index (χ4n) is 3.44. The first-order valence-electron chi connectivity index (χ1n) is 9.17. The number of nitrogens with zero attached hydrogens (tertiary/aromatic N) is 2. The lowest BCUT2D eigenvalue weighted by Crippen LogP contribution is -2.37. The molecule has 1 fully saturated rings. The average Bonchev–Trinajstić information content (AvgIpc) is 2.83. The van der Waals surface area contributed by atoms with Gasteiger partial charge in [0.05, 0.1) is 19.2 Å². The Kier molecular flexibility index (Phi) is 5.56. The molecule has 6 heteroatoms. The van der Waals surface area contributed by atoms with Crippen LogP contribution in [0.3, 0.4) is 0 Å². The highest BCUT2D eigenvalue weighted by atomic mass is 16.5. The number of hydrogen-bond donors (Lipinski definition) is 0. The van der Waals surface area contributed by atoms with E-state index >= 15 is 0 Å². The van der Waals surface area contributed by atoms with E-state index in [4.69, 9.17) is 9.47 Å². The molecule has 1 aliphatic carbocycles. The van der Waals surface area contributed by atoms with Crippen LogP contribution < -0.4 is 4.74 Å². The topological polar surface area (TPSA) is 68.7 Å². The van der Waals surface area contributed by atoms with E-state index in [-0.39, 0.29) is 23.6 Å². The number of ether oxygens (including phenoxy) is 2. The fraction of sp³-hybridized carbons (Fsp3) is 0.632. The van der Waals surface area contributed by atoms with Crippen molar-refractivity contribution >= 4 is 11.9 Å². The molecule has 0 atom stereocenters. The van der Waals surface area contributed by atoms with Crippen LogP contribution in [0.1, 0.15) is 62.0 Å². The number of rotatable bonds is 3. The van der Waals surface area contributed by atoms with Gasteiger partial charge in [-0.25, -0.2) is 9.78 Å². The van der Waals surface area contributed by atoms with Crippen molar-refractivity contribution in [3.63, 3.8) is 0 Å². The third kappa shape index (κ3) is 4.30. The molecule has 0 spiro atoms. The van der Waals surface area contributed by atoms with E-state index in [1.807, 2.05) is 11.0 Å². The van der Waals surface area contributed by atoms with Gasteiger partial charge >= 0.3 is 5.97 Å². The molecule has 2 heterocycles. The molecule has 0 radical (unpaired) electrons. The van der Waals surface area contributed by atoms with Crippen LogP contribution in [0.5, 0.6) is 5.88 Å². The van der Waals surface area contributed by atoms with Crippen LogP contribution in [-0.4, -0.2) is 41.0 Å². The van der Waals surface area contributed by atoms with Crippen LogP contribution in [0.15, 0.2) is 12.1 Å². The fourth-order valence-corrected chi connectivity index (χ4v) is 3.44. The van der Waals surface area contributed by atoms with Crippen LogP contribution in [0.2, 0.25) is 0 Å². The van der Waals surface area contributed by atoms with Crippen molar-refractivity contribution in [1.82, 2.24) is 9.88 Å². The average molecular weight is 346 g/mol. The van der Waals surface area contributed by atoms with Crippen molar-refractivity contribution in [1.29, 1.82) is 0 Å². The van der Waals surface area contributed by atoms with Crippen molar-refractivity contribution in [2.75, 3.05) is 13.2 Å². The minimum atomic E-state index is -0.458. The highest BCUT2D eigenvalue weighted by Gasteiger charge is 2.28. The zero-order valence-electron chi connectivity index (χ0n) is 15.0. The SMILES string of the molecule is CC(C)OC(=O)c1ccc2c(n1)OCCN(C(=O)C1CCCCC1)C2. The van der Waals surface area contributed by atoms with Gasteiger partial charge in [0.2, 0.25) is 11.8 Å². The number of hydrogen-bond acceptors (Lipinski definition) is 5. The van der Waals surface area contributed by atoms with Gasteiger partial charge in [-0.1, -0.05) is 19.3 Å². The van der Waals surface area contributed by atoms with Gasteiger partial charge in [-0.05, 0) is 38.8 Å². The maximum absolute atomic E-state index is 12.8. The molecule has 0 aromatic carbocycles. The molecule has 25 heavy (non-hydrogen) atoms. The summed E-state index contributed by atoms with van der Waals surface area (Å²) < 4.78 is 10.9. The van der Waals surface area contributed by atoms with E-state index in [2.05, 4.69) is 4.98 Å². The van der Waals surface area contributed by atoms with Crippen molar-refractivity contribution in [3.05, 3.63) is 23.4 Å². The maximum atomic E-state index is 12.8. The van der Waals surface area contributed by atoms with E-state index in [1.54, 1.807) is 19.9 Å². The third-order valence-corrected chi connectivity index (χ3v) is 4.72.